The van der Waals surface area contributed by atoms with Crippen LogP contribution in [0.3, 0.4) is 0 Å². The van der Waals surface area contributed by atoms with Crippen LogP contribution in [-0.4, -0.2) is 34.1 Å². The van der Waals surface area contributed by atoms with Crippen molar-refractivity contribution in [2.24, 2.45) is 0 Å². The van der Waals surface area contributed by atoms with Crippen molar-refractivity contribution in [1.29, 1.82) is 0 Å². The lowest BCUT2D eigenvalue weighted by Crippen LogP contribution is -2.50. The number of carboxylic acids is 1. The molecule has 0 saturated carbocycles. The Morgan fingerprint density at radius 3 is 2.78 bits per heavy atom. The number of aromatic carboxylic acids is 1. The van der Waals surface area contributed by atoms with Gasteiger partial charge in [-0.15, -0.1) is 0 Å². The Morgan fingerprint density at radius 1 is 1.56 bits per heavy atom. The molecule has 6 heteroatoms. The number of aromatic nitrogens is 1. The molecule has 1 amide bonds. The van der Waals surface area contributed by atoms with Crippen LogP contribution >= 0.6 is 0 Å². The summed E-state index contributed by atoms with van der Waals surface area (Å²) in [6.07, 6.45) is 1.31. The van der Waals surface area contributed by atoms with E-state index < -0.39 is 5.97 Å². The van der Waals surface area contributed by atoms with E-state index >= 15 is 0 Å². The van der Waals surface area contributed by atoms with Crippen molar-refractivity contribution >= 4 is 23.4 Å². The molecule has 6 nitrogen and oxygen atoms in total. The molecule has 0 aromatic carbocycles. The zero-order chi connectivity index (χ0) is 13.4. The predicted molar refractivity (Wildman–Crippen MR) is 66.9 cm³/mol. The number of carbonyl (C=O) groups excluding carboxylic acids is 1. The minimum absolute atomic E-state index is 0.0623. The van der Waals surface area contributed by atoms with E-state index in [9.17, 15) is 9.59 Å². The van der Waals surface area contributed by atoms with Crippen molar-refractivity contribution < 1.29 is 14.7 Å². The monoisotopic (exact) mass is 249 g/mol. The summed E-state index contributed by atoms with van der Waals surface area (Å²) in [5, 5.41) is 11.6. The molecule has 2 heterocycles. The first kappa shape index (κ1) is 12.3. The van der Waals surface area contributed by atoms with Crippen molar-refractivity contribution in [2.45, 2.75) is 32.9 Å². The lowest BCUT2D eigenvalue weighted by atomic mass is 10.1. The molecule has 0 spiro atoms. The summed E-state index contributed by atoms with van der Waals surface area (Å²) < 4.78 is 0. The van der Waals surface area contributed by atoms with Gasteiger partial charge in [-0.25, -0.2) is 9.78 Å². The summed E-state index contributed by atoms with van der Waals surface area (Å²) in [6.45, 7) is 5.72. The largest absolute Gasteiger partial charge is 0.478 e. The van der Waals surface area contributed by atoms with Crippen molar-refractivity contribution in [1.82, 2.24) is 4.98 Å². The minimum Gasteiger partial charge on any atom is -0.478 e. The third kappa shape index (κ3) is 1.90. The molecule has 0 unspecified atom stereocenters. The van der Waals surface area contributed by atoms with Crippen LogP contribution in [0, 0.1) is 0 Å². The van der Waals surface area contributed by atoms with Crippen LogP contribution in [0.1, 0.15) is 31.1 Å². The Labute approximate surface area is 105 Å². The zero-order valence-electron chi connectivity index (χ0n) is 10.5. The van der Waals surface area contributed by atoms with Crippen LogP contribution in [0.4, 0.5) is 11.5 Å². The highest BCUT2D eigenvalue weighted by molar-refractivity contribution is 6.03. The highest BCUT2D eigenvalue weighted by atomic mass is 16.4. The van der Waals surface area contributed by atoms with Gasteiger partial charge in [-0.05, 0) is 26.8 Å². The lowest BCUT2D eigenvalue weighted by Gasteiger charge is -2.38. The first-order valence-corrected chi connectivity index (χ1v) is 5.74. The fourth-order valence-electron chi connectivity index (χ4n) is 2.11. The summed E-state index contributed by atoms with van der Waals surface area (Å²) >= 11 is 0. The number of nitrogens with zero attached hydrogens (tertiary/aromatic N) is 2. The van der Waals surface area contributed by atoms with Gasteiger partial charge in [0.05, 0.1) is 11.3 Å². The molecule has 1 aromatic rings. The first-order valence-electron chi connectivity index (χ1n) is 5.74. The number of nitrogens with one attached hydrogen (secondary N) is 1. The number of anilines is 2. The number of hydrogen-bond acceptors (Lipinski definition) is 4. The zero-order valence-corrected chi connectivity index (χ0v) is 10.5. The van der Waals surface area contributed by atoms with Gasteiger partial charge in [0.2, 0.25) is 5.91 Å². The van der Waals surface area contributed by atoms with Crippen LogP contribution in [0.25, 0.3) is 0 Å². The van der Waals surface area contributed by atoms with Crippen LogP contribution in [-0.2, 0) is 4.79 Å². The number of carboxylic acid groups (broad SMARTS) is 1. The predicted octanol–water partition coefficient (Wildman–Crippen LogP) is 1.34. The molecule has 1 aromatic heterocycles. The van der Waals surface area contributed by atoms with Crippen molar-refractivity contribution in [2.75, 3.05) is 10.2 Å². The molecule has 0 fully saturated rings. The SMILES string of the molecule is CC(C)N1c2ncc(C(=O)O)cc2NC(=O)[C@@H]1C. The van der Waals surface area contributed by atoms with E-state index in [0.29, 0.717) is 11.5 Å². The van der Waals surface area contributed by atoms with E-state index in [2.05, 4.69) is 10.3 Å². The lowest BCUT2D eigenvalue weighted by molar-refractivity contribution is -0.117. The molecule has 18 heavy (non-hydrogen) atoms. The molecular weight excluding hydrogens is 234 g/mol. The van der Waals surface area contributed by atoms with Gasteiger partial charge in [0.25, 0.3) is 0 Å². The standard InChI is InChI=1S/C12H15N3O3/c1-6(2)15-7(3)11(16)14-9-4-8(12(17)18)5-13-10(9)15/h4-7H,1-3H3,(H,14,16)(H,17,18)/t7-/m0/s1. The summed E-state index contributed by atoms with van der Waals surface area (Å²) in [5.41, 5.74) is 0.513. The average Bonchev–Trinajstić information content (AvgIpc) is 2.29. The maximum absolute atomic E-state index is 11.8. The van der Waals surface area contributed by atoms with E-state index in [4.69, 9.17) is 5.11 Å². The number of amides is 1. The smallest absolute Gasteiger partial charge is 0.337 e. The van der Waals surface area contributed by atoms with Crippen molar-refractivity contribution in [3.05, 3.63) is 17.8 Å². The van der Waals surface area contributed by atoms with E-state index in [0.717, 1.165) is 0 Å². The Balaban J connectivity index is 2.52. The normalized spacial score (nSPS) is 18.6. The fraction of sp³-hybridized carbons (Fsp3) is 0.417. The number of carbonyl (C=O) groups is 2. The molecule has 0 bridgehead atoms. The Kier molecular flexibility index (Phi) is 2.94. The molecule has 0 saturated heterocycles. The third-order valence-electron chi connectivity index (χ3n) is 2.97. The second-order valence-electron chi connectivity index (χ2n) is 4.57. The van der Waals surface area contributed by atoms with Gasteiger partial charge in [-0.1, -0.05) is 0 Å². The van der Waals surface area contributed by atoms with Gasteiger partial charge >= 0.3 is 5.97 Å². The Bertz CT molecular complexity index is 513. The van der Waals surface area contributed by atoms with Gasteiger partial charge in [0.15, 0.2) is 5.82 Å². The van der Waals surface area contributed by atoms with Crippen LogP contribution in [0.15, 0.2) is 12.3 Å². The third-order valence-corrected chi connectivity index (χ3v) is 2.97. The number of rotatable bonds is 2. The second kappa shape index (κ2) is 4.29. The Morgan fingerprint density at radius 2 is 2.22 bits per heavy atom. The molecule has 0 aliphatic carbocycles. The van der Waals surface area contributed by atoms with Crippen molar-refractivity contribution in [3.8, 4) is 0 Å². The second-order valence-corrected chi connectivity index (χ2v) is 4.57. The maximum atomic E-state index is 11.8. The highest BCUT2D eigenvalue weighted by Gasteiger charge is 2.32. The topological polar surface area (TPSA) is 82.5 Å². The van der Waals surface area contributed by atoms with Gasteiger partial charge in [-0.3, -0.25) is 4.79 Å². The van der Waals surface area contributed by atoms with Crippen LogP contribution in [0.2, 0.25) is 0 Å². The van der Waals surface area contributed by atoms with Crippen molar-refractivity contribution in [3.63, 3.8) is 0 Å². The van der Waals surface area contributed by atoms with Gasteiger partial charge in [0, 0.05) is 12.2 Å². The molecule has 1 aliphatic rings. The number of fused-ring (bicyclic) bond motifs is 1. The molecule has 2 N–H and O–H groups in total. The van der Waals surface area contributed by atoms with Gasteiger partial charge < -0.3 is 15.3 Å². The quantitative estimate of drug-likeness (QED) is 0.826. The minimum atomic E-state index is -1.06. The average molecular weight is 249 g/mol. The first-order chi connectivity index (χ1) is 8.41. The van der Waals surface area contributed by atoms with Gasteiger partial charge in [-0.2, -0.15) is 0 Å². The van der Waals surface area contributed by atoms with Crippen LogP contribution in [0.5, 0.6) is 0 Å². The van der Waals surface area contributed by atoms with E-state index in [-0.39, 0.29) is 23.6 Å². The fourth-order valence-corrected chi connectivity index (χ4v) is 2.11. The Hall–Kier alpha value is -2.11. The van der Waals surface area contributed by atoms with E-state index in [1.54, 1.807) is 6.92 Å². The molecule has 1 atom stereocenters. The molecule has 1 aliphatic heterocycles. The summed E-state index contributed by atoms with van der Waals surface area (Å²) in [5.74, 6) is -0.600. The molecular formula is C12H15N3O3. The molecule has 0 radical (unpaired) electrons. The number of pyridine rings is 1. The summed E-state index contributed by atoms with van der Waals surface area (Å²) in [6, 6.07) is 1.22. The summed E-state index contributed by atoms with van der Waals surface area (Å²) in [4.78, 5) is 28.7. The van der Waals surface area contributed by atoms with Gasteiger partial charge in [0.1, 0.15) is 6.04 Å². The maximum Gasteiger partial charge on any atom is 0.337 e. The molecule has 96 valence electrons. The van der Waals surface area contributed by atoms with E-state index in [1.807, 2.05) is 18.7 Å². The molecule has 2 rings (SSSR count). The summed E-state index contributed by atoms with van der Waals surface area (Å²) in [7, 11) is 0. The van der Waals surface area contributed by atoms with E-state index in [1.165, 1.54) is 12.3 Å². The highest BCUT2D eigenvalue weighted by Crippen LogP contribution is 2.31. The number of hydrogen-bond donors (Lipinski definition) is 2. The van der Waals surface area contributed by atoms with Crippen LogP contribution < -0.4 is 10.2 Å².